The van der Waals surface area contributed by atoms with Gasteiger partial charge in [0.2, 0.25) is 0 Å². The molecule has 1 amide bonds. The Morgan fingerprint density at radius 3 is 2.44 bits per heavy atom. The highest BCUT2D eigenvalue weighted by atomic mass is 16.5. The summed E-state index contributed by atoms with van der Waals surface area (Å²) in [7, 11) is 1.54. The van der Waals surface area contributed by atoms with Gasteiger partial charge in [-0.15, -0.1) is 0 Å². The summed E-state index contributed by atoms with van der Waals surface area (Å²) in [5, 5.41) is 0. The summed E-state index contributed by atoms with van der Waals surface area (Å²) in [4.78, 5) is 39.9. The molecule has 4 aromatic rings. The fourth-order valence-electron chi connectivity index (χ4n) is 4.30. The van der Waals surface area contributed by atoms with E-state index in [2.05, 4.69) is 27.0 Å². The number of methoxy groups -OCH3 is 1. The van der Waals surface area contributed by atoms with E-state index in [9.17, 15) is 9.59 Å². The summed E-state index contributed by atoms with van der Waals surface area (Å²) in [6, 6.07) is 20.9. The number of fused-ring (bicyclic) bond motifs is 1. The van der Waals surface area contributed by atoms with Crippen molar-refractivity contribution >= 4 is 17.1 Å². The van der Waals surface area contributed by atoms with E-state index in [4.69, 9.17) is 4.74 Å². The lowest BCUT2D eigenvalue weighted by Crippen LogP contribution is -2.49. The van der Waals surface area contributed by atoms with E-state index in [0.717, 1.165) is 19.6 Å². The average molecular weight is 456 g/mol. The summed E-state index contributed by atoms with van der Waals surface area (Å²) in [6.45, 7) is 3.37. The molecule has 2 aromatic carbocycles. The Labute approximate surface area is 197 Å². The first kappa shape index (κ1) is 21.8. The molecule has 1 aliphatic rings. The zero-order valence-electron chi connectivity index (χ0n) is 18.9. The van der Waals surface area contributed by atoms with Gasteiger partial charge in [-0.1, -0.05) is 42.5 Å². The molecule has 8 nitrogen and oxygen atoms in total. The molecule has 8 heteroatoms. The zero-order chi connectivity index (χ0) is 23.5. The summed E-state index contributed by atoms with van der Waals surface area (Å²) in [6.07, 6.45) is 1.60. The molecule has 0 aliphatic carbocycles. The van der Waals surface area contributed by atoms with Crippen LogP contribution >= 0.6 is 0 Å². The first-order valence-corrected chi connectivity index (χ1v) is 11.2. The van der Waals surface area contributed by atoms with Crippen molar-refractivity contribution in [3.05, 3.63) is 94.5 Å². The highest BCUT2D eigenvalue weighted by Crippen LogP contribution is 2.23. The molecule has 0 N–H and O–H groups in total. The fourth-order valence-corrected chi connectivity index (χ4v) is 4.30. The van der Waals surface area contributed by atoms with Gasteiger partial charge in [0.25, 0.3) is 11.5 Å². The van der Waals surface area contributed by atoms with Gasteiger partial charge in [-0.2, -0.15) is 0 Å². The van der Waals surface area contributed by atoms with E-state index in [-0.39, 0.29) is 11.6 Å². The first-order chi connectivity index (χ1) is 16.7. The van der Waals surface area contributed by atoms with E-state index >= 15 is 0 Å². The lowest BCUT2D eigenvalue weighted by molar-refractivity contribution is 0.0621. The van der Waals surface area contributed by atoms with E-state index in [1.165, 1.54) is 10.1 Å². The number of carbonyl (C=O) groups excluding carboxylic acids is 1. The predicted octanol–water partition coefficient (Wildman–Crippen LogP) is 2.75. The van der Waals surface area contributed by atoms with Crippen molar-refractivity contribution in [1.29, 1.82) is 0 Å². The van der Waals surface area contributed by atoms with Crippen molar-refractivity contribution in [3.8, 4) is 11.4 Å². The van der Waals surface area contributed by atoms with E-state index in [0.29, 0.717) is 35.7 Å². The normalized spacial score (nSPS) is 14.3. The van der Waals surface area contributed by atoms with Gasteiger partial charge in [-0.25, -0.2) is 9.97 Å². The van der Waals surface area contributed by atoms with Gasteiger partial charge in [-0.3, -0.25) is 19.1 Å². The number of hydrogen-bond acceptors (Lipinski definition) is 6. The molecule has 0 bridgehead atoms. The second-order valence-corrected chi connectivity index (χ2v) is 8.17. The van der Waals surface area contributed by atoms with Crippen molar-refractivity contribution in [2.75, 3.05) is 33.3 Å². The number of nitrogens with zero attached hydrogens (tertiary/aromatic N) is 5. The van der Waals surface area contributed by atoms with Crippen LogP contribution in [-0.2, 0) is 6.54 Å². The van der Waals surface area contributed by atoms with E-state index < -0.39 is 5.56 Å². The van der Waals surface area contributed by atoms with Crippen LogP contribution in [0, 0.1) is 0 Å². The van der Waals surface area contributed by atoms with E-state index in [1.807, 2.05) is 30.3 Å². The molecule has 0 saturated carbocycles. The first-order valence-electron chi connectivity index (χ1n) is 11.2. The highest BCUT2D eigenvalue weighted by Gasteiger charge is 2.27. The number of aromatic nitrogens is 3. The number of ether oxygens (including phenoxy) is 1. The molecular weight excluding hydrogens is 430 g/mol. The maximum absolute atomic E-state index is 13.6. The molecule has 0 radical (unpaired) electrons. The van der Waals surface area contributed by atoms with Crippen molar-refractivity contribution in [1.82, 2.24) is 24.3 Å². The number of para-hydroxylation sites is 2. The van der Waals surface area contributed by atoms with Crippen molar-refractivity contribution < 1.29 is 9.53 Å². The highest BCUT2D eigenvalue weighted by molar-refractivity contribution is 5.94. The van der Waals surface area contributed by atoms with Gasteiger partial charge in [0.1, 0.15) is 11.3 Å². The predicted molar refractivity (Wildman–Crippen MR) is 129 cm³/mol. The van der Waals surface area contributed by atoms with E-state index in [1.54, 1.807) is 42.5 Å². The van der Waals surface area contributed by atoms with Crippen LogP contribution in [0.5, 0.6) is 5.75 Å². The molecule has 1 fully saturated rings. The van der Waals surface area contributed by atoms with Gasteiger partial charge >= 0.3 is 0 Å². The molecule has 0 atom stereocenters. The molecule has 1 saturated heterocycles. The number of hydrogen-bond donors (Lipinski definition) is 0. The summed E-state index contributed by atoms with van der Waals surface area (Å²) in [5.41, 5.74) is 1.99. The average Bonchev–Trinajstić information content (AvgIpc) is 2.89. The molecule has 0 spiro atoms. The van der Waals surface area contributed by atoms with Crippen molar-refractivity contribution in [3.63, 3.8) is 0 Å². The summed E-state index contributed by atoms with van der Waals surface area (Å²) >= 11 is 0. The van der Waals surface area contributed by atoms with Crippen LogP contribution in [0.25, 0.3) is 16.9 Å². The Morgan fingerprint density at radius 2 is 1.68 bits per heavy atom. The lowest BCUT2D eigenvalue weighted by atomic mass is 10.2. The SMILES string of the molecule is COc1ccccc1-n1c(=O)c(C(=O)N2CCN(Cc3ccccc3)CC2)nc2cccnc21. The summed E-state index contributed by atoms with van der Waals surface area (Å²) < 4.78 is 6.89. The second kappa shape index (κ2) is 9.44. The van der Waals surface area contributed by atoms with Crippen LogP contribution in [0.1, 0.15) is 16.1 Å². The topological polar surface area (TPSA) is 80.6 Å². The third kappa shape index (κ3) is 4.15. The quantitative estimate of drug-likeness (QED) is 0.460. The molecule has 0 unspecified atom stereocenters. The number of carbonyl (C=O) groups is 1. The minimum absolute atomic E-state index is 0.108. The Kier molecular flexibility index (Phi) is 6.05. The molecular formula is C26H25N5O3. The van der Waals surface area contributed by atoms with Crippen molar-refractivity contribution in [2.24, 2.45) is 0 Å². The van der Waals surface area contributed by atoms with Gasteiger partial charge < -0.3 is 9.64 Å². The van der Waals surface area contributed by atoms with Crippen LogP contribution in [0.4, 0.5) is 0 Å². The number of rotatable bonds is 5. The largest absolute Gasteiger partial charge is 0.495 e. The maximum atomic E-state index is 13.6. The molecule has 5 rings (SSSR count). The standard InChI is InChI=1S/C26H25N5O3/c1-34-22-12-6-5-11-21(22)31-24-20(10-7-13-27-24)28-23(26(31)33)25(32)30-16-14-29(15-17-30)18-19-8-3-2-4-9-19/h2-13H,14-18H2,1H3. The molecule has 34 heavy (non-hydrogen) atoms. The third-order valence-corrected chi connectivity index (χ3v) is 6.05. The number of amides is 1. The Hall–Kier alpha value is -4.04. The van der Waals surface area contributed by atoms with Crippen LogP contribution in [-0.4, -0.2) is 63.5 Å². The van der Waals surface area contributed by atoms with Crippen molar-refractivity contribution in [2.45, 2.75) is 6.54 Å². The van der Waals surface area contributed by atoms with Gasteiger partial charge in [0.15, 0.2) is 11.3 Å². The lowest BCUT2D eigenvalue weighted by Gasteiger charge is -2.34. The minimum atomic E-state index is -0.507. The smallest absolute Gasteiger partial charge is 0.288 e. The fraction of sp³-hybridized carbons (Fsp3) is 0.231. The maximum Gasteiger partial charge on any atom is 0.288 e. The van der Waals surface area contributed by atoms with Gasteiger partial charge in [0.05, 0.1) is 12.8 Å². The molecule has 3 heterocycles. The zero-order valence-corrected chi connectivity index (χ0v) is 18.9. The molecule has 1 aliphatic heterocycles. The van der Waals surface area contributed by atoms with Crippen LogP contribution in [0.3, 0.4) is 0 Å². The van der Waals surface area contributed by atoms with Crippen LogP contribution in [0.2, 0.25) is 0 Å². The molecule has 172 valence electrons. The Balaban J connectivity index is 1.46. The summed E-state index contributed by atoms with van der Waals surface area (Å²) in [5.74, 6) is 0.148. The number of benzene rings is 2. The minimum Gasteiger partial charge on any atom is -0.495 e. The van der Waals surface area contributed by atoms with Gasteiger partial charge in [-0.05, 0) is 29.8 Å². The van der Waals surface area contributed by atoms with Crippen LogP contribution < -0.4 is 10.3 Å². The van der Waals surface area contributed by atoms with Gasteiger partial charge in [0, 0.05) is 38.9 Å². The Morgan fingerprint density at radius 1 is 0.941 bits per heavy atom. The monoisotopic (exact) mass is 455 g/mol. The van der Waals surface area contributed by atoms with Crippen LogP contribution in [0.15, 0.2) is 77.7 Å². The number of pyridine rings is 1. The molecule has 2 aromatic heterocycles. The second-order valence-electron chi connectivity index (χ2n) is 8.17. The Bertz CT molecular complexity index is 1380. The number of piperazine rings is 1. The third-order valence-electron chi connectivity index (χ3n) is 6.05.